The van der Waals surface area contributed by atoms with Gasteiger partial charge in [-0.15, -0.1) is 5.54 Å². The Balaban J connectivity index is 2.25. The maximum Gasteiger partial charge on any atom is 0.142 e. The van der Waals surface area contributed by atoms with Crippen LogP contribution in [0.25, 0.3) is 0 Å². The minimum Gasteiger partial charge on any atom is -0.497 e. The van der Waals surface area contributed by atoms with Crippen LogP contribution in [0.2, 0.25) is 19.6 Å². The summed E-state index contributed by atoms with van der Waals surface area (Å²) < 4.78 is 10.4. The molecule has 0 bridgehead atoms. The normalized spacial score (nSPS) is 10.5. The zero-order chi connectivity index (χ0) is 22.0. The van der Waals surface area contributed by atoms with Crippen molar-refractivity contribution in [3.63, 3.8) is 0 Å². The zero-order valence-corrected chi connectivity index (χ0v) is 18.9. The lowest BCUT2D eigenvalue weighted by molar-refractivity contribution is 0.237. The van der Waals surface area contributed by atoms with Gasteiger partial charge in [0.15, 0.2) is 0 Å². The summed E-state index contributed by atoms with van der Waals surface area (Å²) in [7, 11) is 1.71. The van der Waals surface area contributed by atoms with Crippen LogP contribution in [-0.4, -0.2) is 27.4 Å². The molecule has 0 amide bonds. The van der Waals surface area contributed by atoms with E-state index in [1.54, 1.807) is 32.4 Å². The maximum absolute atomic E-state index is 10.6. The second kappa shape index (κ2) is 10.9. The number of rotatable bonds is 3. The molecule has 1 N–H and O–H groups in total. The van der Waals surface area contributed by atoms with Gasteiger partial charge < -0.3 is 14.6 Å². The summed E-state index contributed by atoms with van der Waals surface area (Å²) in [6.45, 7) is 6.48. The quantitative estimate of drug-likeness (QED) is 0.611. The van der Waals surface area contributed by atoms with Crippen molar-refractivity contribution in [2.24, 2.45) is 0 Å². The van der Waals surface area contributed by atoms with Crippen molar-refractivity contribution in [2.45, 2.75) is 25.7 Å². The van der Waals surface area contributed by atoms with E-state index in [0.29, 0.717) is 16.9 Å². The molecule has 0 saturated carbocycles. The van der Waals surface area contributed by atoms with Crippen LogP contribution in [0.15, 0.2) is 42.5 Å². The van der Waals surface area contributed by atoms with Crippen molar-refractivity contribution in [2.75, 3.05) is 14.2 Å². The molecule has 2 rings (SSSR count). The van der Waals surface area contributed by atoms with E-state index < -0.39 is 14.2 Å². The van der Waals surface area contributed by atoms with Crippen molar-refractivity contribution in [1.82, 2.24) is 0 Å². The Morgan fingerprint density at radius 2 is 1.43 bits per heavy atom. The maximum atomic E-state index is 10.6. The van der Waals surface area contributed by atoms with Crippen molar-refractivity contribution < 1.29 is 14.6 Å². The van der Waals surface area contributed by atoms with Crippen molar-refractivity contribution in [3.05, 3.63) is 59.2 Å². The molecular weight excluding hydrogens is 388 g/mol. The van der Waals surface area contributed by atoms with E-state index in [0.717, 1.165) is 11.3 Å². The van der Waals surface area contributed by atoms with Gasteiger partial charge in [0.05, 0.1) is 14.2 Å². The lowest BCUT2D eigenvalue weighted by Gasteiger charge is -2.09. The van der Waals surface area contributed by atoms with Crippen LogP contribution in [-0.2, 0) is 0 Å². The van der Waals surface area contributed by atoms with Crippen LogP contribution in [0.5, 0.6) is 11.5 Å². The molecule has 0 radical (unpaired) electrons. The topological polar surface area (TPSA) is 38.7 Å². The molecule has 2 aromatic carbocycles. The molecule has 3 nitrogen and oxygen atoms in total. The number of hydrogen-bond acceptors (Lipinski definition) is 3. The highest BCUT2D eigenvalue weighted by Gasteiger charge is 2.10. The van der Waals surface area contributed by atoms with Crippen molar-refractivity contribution in [1.29, 1.82) is 0 Å². The molecule has 0 spiro atoms. The Morgan fingerprint density at radius 1 is 0.800 bits per heavy atom. The molecule has 0 aliphatic carbocycles. The molecule has 30 heavy (non-hydrogen) atoms. The Bertz CT molecular complexity index is 1130. The summed E-state index contributed by atoms with van der Waals surface area (Å²) in [6.07, 6.45) is -1.04. The first-order valence-electron chi connectivity index (χ1n) is 9.37. The van der Waals surface area contributed by atoms with Gasteiger partial charge in [0.1, 0.15) is 25.7 Å². The second-order valence-corrected chi connectivity index (χ2v) is 12.1. The van der Waals surface area contributed by atoms with Crippen LogP contribution >= 0.6 is 0 Å². The molecule has 0 aliphatic rings. The minimum atomic E-state index is -1.48. The number of hydrogen-bond donors (Lipinski definition) is 1. The molecule has 0 saturated heterocycles. The molecule has 2 aromatic rings. The molecular formula is C26H24O3Si. The van der Waals surface area contributed by atoms with Crippen LogP contribution < -0.4 is 9.47 Å². The van der Waals surface area contributed by atoms with Gasteiger partial charge in [0.2, 0.25) is 0 Å². The molecule has 0 aliphatic heterocycles. The average molecular weight is 413 g/mol. The Kier molecular flexibility index (Phi) is 8.23. The van der Waals surface area contributed by atoms with Crippen molar-refractivity contribution >= 4 is 8.07 Å². The standard InChI is InChI=1S/C26H24O3Si/c1-28-23-16-13-21(14-17-23)10-6-7-12-26(27)25-20-24(29-2)18-15-22(25)11-8-9-19-30(3,4)5/h13-18,20,26-27H,1-5H3. The summed E-state index contributed by atoms with van der Waals surface area (Å²) in [5.41, 5.74) is 5.24. The predicted octanol–water partition coefficient (Wildman–Crippen LogP) is 4.02. The summed E-state index contributed by atoms with van der Waals surface area (Å²) in [5.74, 6) is 21.4. The number of aliphatic hydroxyl groups is 1. The minimum absolute atomic E-state index is 0.565. The summed E-state index contributed by atoms with van der Waals surface area (Å²) >= 11 is 0. The fourth-order valence-corrected chi connectivity index (χ4v) is 2.72. The van der Waals surface area contributed by atoms with E-state index in [-0.39, 0.29) is 0 Å². The summed E-state index contributed by atoms with van der Waals surface area (Å²) in [4.78, 5) is 0. The SMILES string of the molecule is COc1ccc(C#CC#CC(O)c2cc(OC)ccc2C#CC#C[Si](C)(C)C)cc1. The molecule has 1 unspecified atom stereocenters. The fraction of sp³-hybridized carbons (Fsp3) is 0.231. The van der Waals surface area contributed by atoms with E-state index in [9.17, 15) is 5.11 Å². The van der Waals surface area contributed by atoms with Crippen LogP contribution in [0, 0.1) is 47.0 Å². The van der Waals surface area contributed by atoms with Gasteiger partial charge >= 0.3 is 0 Å². The molecule has 0 aromatic heterocycles. The van der Waals surface area contributed by atoms with E-state index in [1.165, 1.54) is 0 Å². The monoisotopic (exact) mass is 412 g/mol. The Morgan fingerprint density at radius 3 is 2.07 bits per heavy atom. The third kappa shape index (κ3) is 7.47. The van der Waals surface area contributed by atoms with Gasteiger partial charge in [-0.25, -0.2) is 0 Å². The van der Waals surface area contributed by atoms with Crippen LogP contribution in [0.3, 0.4) is 0 Å². The third-order valence-corrected chi connectivity index (χ3v) is 4.69. The predicted molar refractivity (Wildman–Crippen MR) is 124 cm³/mol. The van der Waals surface area contributed by atoms with Crippen molar-refractivity contribution in [3.8, 4) is 58.5 Å². The van der Waals surface area contributed by atoms with E-state index >= 15 is 0 Å². The number of methoxy groups -OCH3 is 2. The molecule has 150 valence electrons. The van der Waals surface area contributed by atoms with Gasteiger partial charge in [-0.2, -0.15) is 0 Å². The van der Waals surface area contributed by atoms with Gasteiger partial charge in [-0.1, -0.05) is 37.4 Å². The van der Waals surface area contributed by atoms with E-state index in [1.807, 2.05) is 24.3 Å². The lowest BCUT2D eigenvalue weighted by atomic mass is 10.0. The van der Waals surface area contributed by atoms with E-state index in [2.05, 4.69) is 66.6 Å². The Hall–Kier alpha value is -3.54. The number of aliphatic hydroxyl groups excluding tert-OH is 1. The first kappa shape index (κ1) is 22.7. The average Bonchev–Trinajstić information content (AvgIpc) is 2.74. The molecule has 1 atom stereocenters. The fourth-order valence-electron chi connectivity index (χ4n) is 2.29. The molecule has 0 fully saturated rings. The second-order valence-electron chi connectivity index (χ2n) is 7.35. The number of benzene rings is 2. The lowest BCUT2D eigenvalue weighted by Crippen LogP contribution is -2.16. The highest BCUT2D eigenvalue weighted by atomic mass is 28.3. The summed E-state index contributed by atoms with van der Waals surface area (Å²) in [5, 5.41) is 10.6. The van der Waals surface area contributed by atoms with E-state index in [4.69, 9.17) is 9.47 Å². The van der Waals surface area contributed by atoms with Crippen LogP contribution in [0.4, 0.5) is 0 Å². The molecule has 4 heteroatoms. The van der Waals surface area contributed by atoms with Gasteiger partial charge in [-0.3, -0.25) is 0 Å². The zero-order valence-electron chi connectivity index (χ0n) is 17.9. The smallest absolute Gasteiger partial charge is 0.142 e. The van der Waals surface area contributed by atoms with Gasteiger partial charge in [0, 0.05) is 16.7 Å². The van der Waals surface area contributed by atoms with Gasteiger partial charge in [0.25, 0.3) is 0 Å². The summed E-state index contributed by atoms with van der Waals surface area (Å²) in [6, 6.07) is 12.7. The van der Waals surface area contributed by atoms with Crippen LogP contribution in [0.1, 0.15) is 22.8 Å². The third-order valence-electron chi connectivity index (χ3n) is 3.82. The highest BCUT2D eigenvalue weighted by molar-refractivity contribution is 6.83. The largest absolute Gasteiger partial charge is 0.497 e. The highest BCUT2D eigenvalue weighted by Crippen LogP contribution is 2.23. The molecule has 0 heterocycles. The van der Waals surface area contributed by atoms with Gasteiger partial charge in [-0.05, 0) is 66.1 Å². The Labute approximate surface area is 180 Å². The first-order chi connectivity index (χ1) is 14.3. The first-order valence-corrected chi connectivity index (χ1v) is 12.9. The number of ether oxygens (including phenoxy) is 2.